The van der Waals surface area contributed by atoms with Crippen molar-refractivity contribution in [2.24, 2.45) is 4.99 Å². The highest BCUT2D eigenvalue weighted by molar-refractivity contribution is 14.0. The zero-order chi connectivity index (χ0) is 14.8. The molecule has 130 valence electrons. The molecule has 2 rings (SSSR count). The van der Waals surface area contributed by atoms with Gasteiger partial charge in [0.2, 0.25) is 0 Å². The SMILES string of the molecule is CCNC(=NCCOCC1CCCO1)NC1CCCCC1.I. The minimum Gasteiger partial charge on any atom is -0.377 e. The zero-order valence-electron chi connectivity index (χ0n) is 13.8. The van der Waals surface area contributed by atoms with Gasteiger partial charge in [-0.2, -0.15) is 0 Å². The molecule has 1 heterocycles. The number of halogens is 1. The van der Waals surface area contributed by atoms with Gasteiger partial charge in [0.05, 0.1) is 25.9 Å². The van der Waals surface area contributed by atoms with Gasteiger partial charge in [0.1, 0.15) is 0 Å². The van der Waals surface area contributed by atoms with Crippen molar-refractivity contribution in [3.05, 3.63) is 0 Å². The van der Waals surface area contributed by atoms with E-state index in [9.17, 15) is 0 Å². The van der Waals surface area contributed by atoms with E-state index in [4.69, 9.17) is 9.47 Å². The fraction of sp³-hybridized carbons (Fsp3) is 0.938. The van der Waals surface area contributed by atoms with Crippen LogP contribution in [0.3, 0.4) is 0 Å². The van der Waals surface area contributed by atoms with Gasteiger partial charge in [-0.25, -0.2) is 0 Å². The summed E-state index contributed by atoms with van der Waals surface area (Å²) in [5.41, 5.74) is 0. The fourth-order valence-electron chi connectivity index (χ4n) is 2.97. The summed E-state index contributed by atoms with van der Waals surface area (Å²) in [6.45, 7) is 5.97. The lowest BCUT2D eigenvalue weighted by Crippen LogP contribution is -2.44. The fourth-order valence-corrected chi connectivity index (χ4v) is 2.97. The van der Waals surface area contributed by atoms with Crippen LogP contribution in [0.5, 0.6) is 0 Å². The third-order valence-corrected chi connectivity index (χ3v) is 4.12. The second kappa shape index (κ2) is 12.4. The normalized spacial score (nSPS) is 23.1. The Labute approximate surface area is 152 Å². The highest BCUT2D eigenvalue weighted by atomic mass is 127. The number of hydrogen-bond acceptors (Lipinski definition) is 3. The first-order chi connectivity index (χ1) is 10.4. The molecule has 1 aliphatic carbocycles. The summed E-state index contributed by atoms with van der Waals surface area (Å²) < 4.78 is 11.2. The Morgan fingerprint density at radius 1 is 1.18 bits per heavy atom. The van der Waals surface area contributed by atoms with E-state index in [1.807, 2.05) is 0 Å². The molecule has 2 N–H and O–H groups in total. The lowest BCUT2D eigenvalue weighted by molar-refractivity contribution is 0.0200. The molecule has 1 saturated carbocycles. The lowest BCUT2D eigenvalue weighted by atomic mass is 9.96. The van der Waals surface area contributed by atoms with Crippen LogP contribution in [0, 0.1) is 0 Å². The predicted octanol–water partition coefficient (Wildman–Crippen LogP) is 2.69. The molecule has 0 amide bonds. The highest BCUT2D eigenvalue weighted by Gasteiger charge is 2.15. The summed E-state index contributed by atoms with van der Waals surface area (Å²) in [5.74, 6) is 0.935. The van der Waals surface area contributed by atoms with Crippen molar-refractivity contribution in [1.82, 2.24) is 10.6 Å². The van der Waals surface area contributed by atoms with Crippen molar-refractivity contribution in [2.45, 2.75) is 64.0 Å². The van der Waals surface area contributed by atoms with Crippen molar-refractivity contribution in [3.63, 3.8) is 0 Å². The highest BCUT2D eigenvalue weighted by Crippen LogP contribution is 2.17. The molecule has 1 unspecified atom stereocenters. The number of nitrogens with one attached hydrogen (secondary N) is 2. The Kier molecular flexibility index (Phi) is 11.2. The lowest BCUT2D eigenvalue weighted by Gasteiger charge is -2.24. The molecule has 2 fully saturated rings. The van der Waals surface area contributed by atoms with Crippen LogP contribution in [0.1, 0.15) is 51.9 Å². The maximum absolute atomic E-state index is 5.65. The van der Waals surface area contributed by atoms with Crippen molar-refractivity contribution < 1.29 is 9.47 Å². The molecule has 0 bridgehead atoms. The van der Waals surface area contributed by atoms with Gasteiger partial charge >= 0.3 is 0 Å². The maximum Gasteiger partial charge on any atom is 0.191 e. The Bertz CT molecular complexity index is 304. The molecule has 22 heavy (non-hydrogen) atoms. The quantitative estimate of drug-likeness (QED) is 0.285. The van der Waals surface area contributed by atoms with Gasteiger partial charge in [-0.3, -0.25) is 4.99 Å². The van der Waals surface area contributed by atoms with Gasteiger partial charge in [0, 0.05) is 19.2 Å². The topological polar surface area (TPSA) is 54.9 Å². The molecular formula is C16H32IN3O2. The van der Waals surface area contributed by atoms with E-state index in [0.717, 1.165) is 25.5 Å². The van der Waals surface area contributed by atoms with E-state index >= 15 is 0 Å². The van der Waals surface area contributed by atoms with Crippen molar-refractivity contribution in [1.29, 1.82) is 0 Å². The summed E-state index contributed by atoms with van der Waals surface area (Å²) in [6.07, 6.45) is 9.19. The number of rotatable bonds is 7. The summed E-state index contributed by atoms with van der Waals surface area (Å²) in [7, 11) is 0. The monoisotopic (exact) mass is 425 g/mol. The number of hydrogen-bond donors (Lipinski definition) is 2. The molecule has 0 radical (unpaired) electrons. The van der Waals surface area contributed by atoms with Crippen LogP contribution < -0.4 is 10.6 Å². The van der Waals surface area contributed by atoms with Gasteiger partial charge in [0.25, 0.3) is 0 Å². The number of ether oxygens (including phenoxy) is 2. The third-order valence-electron chi connectivity index (χ3n) is 4.12. The first kappa shape index (κ1) is 20.0. The van der Waals surface area contributed by atoms with E-state index < -0.39 is 0 Å². The van der Waals surface area contributed by atoms with Crippen LogP contribution in [-0.4, -0.2) is 51.0 Å². The molecule has 1 aliphatic heterocycles. The average molecular weight is 425 g/mol. The van der Waals surface area contributed by atoms with E-state index in [1.165, 1.54) is 38.5 Å². The van der Waals surface area contributed by atoms with Crippen molar-refractivity contribution in [2.75, 3.05) is 32.9 Å². The smallest absolute Gasteiger partial charge is 0.191 e. The summed E-state index contributed by atoms with van der Waals surface area (Å²) in [4.78, 5) is 4.60. The predicted molar refractivity (Wildman–Crippen MR) is 101 cm³/mol. The van der Waals surface area contributed by atoms with Crippen LogP contribution in [0.25, 0.3) is 0 Å². The molecule has 6 heteroatoms. The molecule has 5 nitrogen and oxygen atoms in total. The first-order valence-corrected chi connectivity index (χ1v) is 8.62. The summed E-state index contributed by atoms with van der Waals surface area (Å²) in [5, 5.41) is 6.87. The summed E-state index contributed by atoms with van der Waals surface area (Å²) >= 11 is 0. The van der Waals surface area contributed by atoms with Crippen molar-refractivity contribution in [3.8, 4) is 0 Å². The largest absolute Gasteiger partial charge is 0.377 e. The van der Waals surface area contributed by atoms with Crippen molar-refractivity contribution >= 4 is 29.9 Å². The first-order valence-electron chi connectivity index (χ1n) is 8.62. The maximum atomic E-state index is 5.65. The number of guanidine groups is 1. The van der Waals surface area contributed by atoms with Crippen LogP contribution in [0.4, 0.5) is 0 Å². The van der Waals surface area contributed by atoms with Gasteiger partial charge in [-0.1, -0.05) is 19.3 Å². The van der Waals surface area contributed by atoms with E-state index in [-0.39, 0.29) is 24.0 Å². The van der Waals surface area contributed by atoms with Gasteiger partial charge in [-0.15, -0.1) is 24.0 Å². The Morgan fingerprint density at radius 2 is 2.00 bits per heavy atom. The molecule has 0 aromatic heterocycles. The number of aliphatic imine (C=N–C) groups is 1. The Hall–Kier alpha value is -0.0800. The minimum atomic E-state index is 0. The van der Waals surface area contributed by atoms with Crippen LogP contribution >= 0.6 is 24.0 Å². The Morgan fingerprint density at radius 3 is 2.68 bits per heavy atom. The average Bonchev–Trinajstić information content (AvgIpc) is 3.01. The van der Waals surface area contributed by atoms with Gasteiger partial charge in [0.15, 0.2) is 5.96 Å². The van der Waals surface area contributed by atoms with Gasteiger partial charge in [-0.05, 0) is 32.6 Å². The molecule has 1 saturated heterocycles. The van der Waals surface area contributed by atoms with Crippen LogP contribution in [0.15, 0.2) is 4.99 Å². The molecular weight excluding hydrogens is 393 g/mol. The second-order valence-corrected chi connectivity index (χ2v) is 5.95. The molecule has 2 aliphatic rings. The second-order valence-electron chi connectivity index (χ2n) is 5.95. The number of nitrogens with zero attached hydrogens (tertiary/aromatic N) is 1. The van der Waals surface area contributed by atoms with Crippen LogP contribution in [-0.2, 0) is 9.47 Å². The van der Waals surface area contributed by atoms with E-state index in [0.29, 0.717) is 31.9 Å². The van der Waals surface area contributed by atoms with Crippen LogP contribution in [0.2, 0.25) is 0 Å². The molecule has 1 atom stereocenters. The standard InChI is InChI=1S/C16H31N3O2.HI/c1-2-17-16(19-14-7-4-3-5-8-14)18-10-12-20-13-15-9-6-11-21-15;/h14-15H,2-13H2,1H3,(H2,17,18,19);1H. The minimum absolute atomic E-state index is 0. The van der Waals surface area contributed by atoms with E-state index in [2.05, 4.69) is 22.5 Å². The Balaban J connectivity index is 0.00000242. The molecule has 0 spiro atoms. The third kappa shape index (κ3) is 7.97. The molecule has 0 aromatic carbocycles. The van der Waals surface area contributed by atoms with E-state index in [1.54, 1.807) is 0 Å². The summed E-state index contributed by atoms with van der Waals surface area (Å²) in [6, 6.07) is 0.587. The molecule has 0 aromatic rings. The van der Waals surface area contributed by atoms with Gasteiger partial charge < -0.3 is 20.1 Å². The zero-order valence-corrected chi connectivity index (χ0v) is 16.1.